The highest BCUT2D eigenvalue weighted by Crippen LogP contribution is 2.30. The minimum Gasteiger partial charge on any atom is -0.347 e. The van der Waals surface area contributed by atoms with Gasteiger partial charge in [0.1, 0.15) is 6.04 Å². The normalized spacial score (nSPS) is 19.7. The molecule has 1 unspecified atom stereocenters. The third-order valence-electron chi connectivity index (χ3n) is 3.67. The number of halogens is 1. The number of aryl methyl sites for hydroxylation is 1. The summed E-state index contributed by atoms with van der Waals surface area (Å²) in [5.74, 6) is -0.163. The highest BCUT2D eigenvalue weighted by atomic mass is 79.9. The third kappa shape index (κ3) is 3.14. The van der Waals surface area contributed by atoms with Crippen LogP contribution >= 0.6 is 15.9 Å². The zero-order valence-electron chi connectivity index (χ0n) is 12.3. The molecule has 1 aliphatic rings. The summed E-state index contributed by atoms with van der Waals surface area (Å²) in [6, 6.07) is 4.57. The molecule has 0 aromatic heterocycles. The van der Waals surface area contributed by atoms with Crippen molar-refractivity contribution in [2.75, 3.05) is 20.6 Å². The molecule has 2 rings (SSSR count). The van der Waals surface area contributed by atoms with Crippen LogP contribution in [0.15, 0.2) is 27.6 Å². The van der Waals surface area contributed by atoms with E-state index in [0.717, 1.165) is 0 Å². The molecule has 7 heteroatoms. The molecule has 1 atom stereocenters. The zero-order valence-corrected chi connectivity index (χ0v) is 14.7. The third-order valence-corrected chi connectivity index (χ3v) is 6.21. The van der Waals surface area contributed by atoms with Crippen LogP contribution in [0.5, 0.6) is 0 Å². The van der Waals surface area contributed by atoms with Crippen molar-refractivity contribution in [2.24, 2.45) is 0 Å². The van der Waals surface area contributed by atoms with Crippen molar-refractivity contribution in [3.8, 4) is 0 Å². The van der Waals surface area contributed by atoms with E-state index in [1.807, 2.05) is 0 Å². The number of likely N-dealkylation sites (N-methyl/N-ethyl adjacent to an activating group) is 1. The molecule has 1 saturated heterocycles. The Hall–Kier alpha value is -0.920. The van der Waals surface area contributed by atoms with Gasteiger partial charge in [-0.2, -0.15) is 4.31 Å². The number of carbonyl (C=O) groups excluding carboxylic acids is 1. The van der Waals surface area contributed by atoms with Gasteiger partial charge < -0.3 is 4.90 Å². The van der Waals surface area contributed by atoms with Crippen LogP contribution in [0.4, 0.5) is 0 Å². The van der Waals surface area contributed by atoms with Crippen molar-refractivity contribution >= 4 is 31.9 Å². The molecule has 0 bridgehead atoms. The van der Waals surface area contributed by atoms with Crippen LogP contribution in [0.1, 0.15) is 18.4 Å². The molecule has 5 nitrogen and oxygen atoms in total. The molecular weight excluding hydrogens is 356 g/mol. The first-order chi connectivity index (χ1) is 9.75. The topological polar surface area (TPSA) is 57.7 Å². The van der Waals surface area contributed by atoms with Gasteiger partial charge in [0.2, 0.25) is 15.9 Å². The Labute approximate surface area is 134 Å². The number of carbonyl (C=O) groups is 1. The van der Waals surface area contributed by atoms with E-state index in [-0.39, 0.29) is 10.8 Å². The average molecular weight is 375 g/mol. The number of rotatable bonds is 3. The van der Waals surface area contributed by atoms with Gasteiger partial charge in [-0.05, 0) is 37.5 Å². The first kappa shape index (κ1) is 16.5. The van der Waals surface area contributed by atoms with E-state index in [9.17, 15) is 13.2 Å². The second-order valence-electron chi connectivity index (χ2n) is 5.42. The van der Waals surface area contributed by atoms with Gasteiger partial charge in [-0.15, -0.1) is 0 Å². The summed E-state index contributed by atoms with van der Waals surface area (Å²) in [5, 5.41) is 0. The van der Waals surface area contributed by atoms with Gasteiger partial charge in [-0.1, -0.05) is 22.0 Å². The van der Waals surface area contributed by atoms with E-state index in [1.165, 1.54) is 9.21 Å². The summed E-state index contributed by atoms with van der Waals surface area (Å²) >= 11 is 3.31. The van der Waals surface area contributed by atoms with Crippen LogP contribution in [-0.2, 0) is 14.8 Å². The van der Waals surface area contributed by atoms with Gasteiger partial charge in [0.05, 0.1) is 4.90 Å². The van der Waals surface area contributed by atoms with Crippen LogP contribution < -0.4 is 0 Å². The highest BCUT2D eigenvalue weighted by molar-refractivity contribution is 9.10. The van der Waals surface area contributed by atoms with E-state index < -0.39 is 16.1 Å². The minimum atomic E-state index is -3.66. The molecule has 0 saturated carbocycles. The predicted molar refractivity (Wildman–Crippen MR) is 84.5 cm³/mol. The van der Waals surface area contributed by atoms with Crippen LogP contribution in [0.3, 0.4) is 0 Å². The Balaban J connectivity index is 2.43. The van der Waals surface area contributed by atoms with Gasteiger partial charge >= 0.3 is 0 Å². The number of hydrogen-bond acceptors (Lipinski definition) is 3. The van der Waals surface area contributed by atoms with E-state index in [0.29, 0.717) is 29.4 Å². The average Bonchev–Trinajstić information content (AvgIpc) is 2.90. The smallest absolute Gasteiger partial charge is 0.244 e. The monoisotopic (exact) mass is 374 g/mol. The van der Waals surface area contributed by atoms with Crippen molar-refractivity contribution in [2.45, 2.75) is 30.7 Å². The molecular formula is C14H19BrN2O3S. The van der Waals surface area contributed by atoms with Crippen LogP contribution in [-0.4, -0.2) is 50.2 Å². The van der Waals surface area contributed by atoms with Crippen LogP contribution in [0, 0.1) is 6.92 Å². The quantitative estimate of drug-likeness (QED) is 0.812. The molecule has 0 radical (unpaired) electrons. The van der Waals surface area contributed by atoms with Crippen molar-refractivity contribution in [3.05, 3.63) is 28.2 Å². The fourth-order valence-corrected chi connectivity index (χ4v) is 4.97. The molecule has 0 aliphatic carbocycles. The number of sulfonamides is 1. The summed E-state index contributed by atoms with van der Waals surface area (Å²) in [5.41, 5.74) is 0.682. The fraction of sp³-hybridized carbons (Fsp3) is 0.500. The standard InChI is InChI=1S/C14H19BrN2O3S/c1-10-6-7-11(15)9-13(10)21(19,20)17-8-4-5-12(17)14(18)16(2)3/h6-7,9,12H,4-5,8H2,1-3H3. The first-order valence-corrected chi connectivity index (χ1v) is 8.97. The molecule has 1 aliphatic heterocycles. The fourth-order valence-electron chi connectivity index (χ4n) is 2.55. The lowest BCUT2D eigenvalue weighted by molar-refractivity contribution is -0.132. The minimum absolute atomic E-state index is 0.163. The lowest BCUT2D eigenvalue weighted by Crippen LogP contribution is -2.45. The second-order valence-corrected chi connectivity index (χ2v) is 8.19. The molecule has 1 aromatic rings. The molecule has 116 valence electrons. The maximum atomic E-state index is 12.9. The van der Waals surface area contributed by atoms with Crippen molar-refractivity contribution < 1.29 is 13.2 Å². The van der Waals surface area contributed by atoms with Crippen LogP contribution in [0.25, 0.3) is 0 Å². The van der Waals surface area contributed by atoms with Gasteiger partial charge in [-0.3, -0.25) is 4.79 Å². The zero-order chi connectivity index (χ0) is 15.8. The van der Waals surface area contributed by atoms with E-state index in [1.54, 1.807) is 39.2 Å². The van der Waals surface area contributed by atoms with E-state index in [4.69, 9.17) is 0 Å². The maximum absolute atomic E-state index is 12.9. The summed E-state index contributed by atoms with van der Waals surface area (Å²) in [6.45, 7) is 2.15. The largest absolute Gasteiger partial charge is 0.347 e. The molecule has 1 aromatic carbocycles. The first-order valence-electron chi connectivity index (χ1n) is 6.74. The maximum Gasteiger partial charge on any atom is 0.244 e. The molecule has 1 amide bonds. The number of benzene rings is 1. The SMILES string of the molecule is Cc1ccc(Br)cc1S(=O)(=O)N1CCCC1C(=O)N(C)C. The van der Waals surface area contributed by atoms with Gasteiger partial charge in [0.25, 0.3) is 0 Å². The summed E-state index contributed by atoms with van der Waals surface area (Å²) < 4.78 is 27.8. The summed E-state index contributed by atoms with van der Waals surface area (Å²) in [4.78, 5) is 13.9. The molecule has 0 spiro atoms. The molecule has 21 heavy (non-hydrogen) atoms. The highest BCUT2D eigenvalue weighted by Gasteiger charge is 2.40. The van der Waals surface area contributed by atoms with Gasteiger partial charge in [-0.25, -0.2) is 8.42 Å². The van der Waals surface area contributed by atoms with Crippen molar-refractivity contribution in [1.29, 1.82) is 0 Å². The number of hydrogen-bond donors (Lipinski definition) is 0. The van der Waals surface area contributed by atoms with E-state index >= 15 is 0 Å². The molecule has 1 fully saturated rings. The number of nitrogens with zero attached hydrogens (tertiary/aromatic N) is 2. The lowest BCUT2D eigenvalue weighted by atomic mass is 10.2. The lowest BCUT2D eigenvalue weighted by Gasteiger charge is -2.26. The Morgan fingerprint density at radius 3 is 2.67 bits per heavy atom. The van der Waals surface area contributed by atoms with E-state index in [2.05, 4.69) is 15.9 Å². The summed E-state index contributed by atoms with van der Waals surface area (Å²) in [7, 11) is -0.367. The Morgan fingerprint density at radius 2 is 2.05 bits per heavy atom. The van der Waals surface area contributed by atoms with Gasteiger partial charge in [0, 0.05) is 25.1 Å². The Kier molecular flexibility index (Phi) is 4.75. The molecule has 0 N–H and O–H groups in total. The molecule has 1 heterocycles. The number of amides is 1. The Bertz CT molecular complexity index is 658. The van der Waals surface area contributed by atoms with Crippen molar-refractivity contribution in [3.63, 3.8) is 0 Å². The Morgan fingerprint density at radius 1 is 1.38 bits per heavy atom. The van der Waals surface area contributed by atoms with Crippen molar-refractivity contribution in [1.82, 2.24) is 9.21 Å². The van der Waals surface area contributed by atoms with Gasteiger partial charge in [0.15, 0.2) is 0 Å². The predicted octanol–water partition coefficient (Wildman–Crippen LogP) is 2.00. The van der Waals surface area contributed by atoms with Crippen LogP contribution in [0.2, 0.25) is 0 Å². The second kappa shape index (κ2) is 6.06. The summed E-state index contributed by atoms with van der Waals surface area (Å²) in [6.07, 6.45) is 1.28.